The topological polar surface area (TPSA) is 41.6 Å². The van der Waals surface area contributed by atoms with Gasteiger partial charge in [-0.2, -0.15) is 0 Å². The van der Waals surface area contributed by atoms with Gasteiger partial charge in [-0.1, -0.05) is 19.8 Å². The van der Waals surface area contributed by atoms with Crippen LogP contribution in [-0.4, -0.2) is 49.2 Å². The smallest absolute Gasteiger partial charge is 0.234 e. The lowest BCUT2D eigenvalue weighted by Gasteiger charge is -2.30. The molecule has 1 amide bonds. The van der Waals surface area contributed by atoms with Gasteiger partial charge < -0.3 is 10.1 Å². The minimum Gasteiger partial charge on any atom is -0.379 e. The SMILES string of the molecule is CCCCC(C)(C)NC(=O)CN1CCOCC1.Cl. The number of rotatable bonds is 6. The van der Waals surface area contributed by atoms with Crippen LogP contribution in [0.5, 0.6) is 0 Å². The van der Waals surface area contributed by atoms with Crippen molar-refractivity contribution in [2.75, 3.05) is 32.8 Å². The van der Waals surface area contributed by atoms with E-state index in [-0.39, 0.29) is 23.9 Å². The van der Waals surface area contributed by atoms with Crippen LogP contribution in [-0.2, 0) is 9.53 Å². The van der Waals surface area contributed by atoms with E-state index in [1.165, 1.54) is 6.42 Å². The third-order valence-corrected chi connectivity index (χ3v) is 3.10. The third kappa shape index (κ3) is 7.19. The number of carbonyl (C=O) groups excluding carboxylic acids is 1. The summed E-state index contributed by atoms with van der Waals surface area (Å²) in [5, 5.41) is 3.12. The van der Waals surface area contributed by atoms with Gasteiger partial charge in [-0.05, 0) is 20.3 Å². The van der Waals surface area contributed by atoms with E-state index in [9.17, 15) is 4.79 Å². The lowest BCUT2D eigenvalue weighted by atomic mass is 9.97. The normalized spacial score (nSPS) is 17.1. The van der Waals surface area contributed by atoms with E-state index >= 15 is 0 Å². The van der Waals surface area contributed by atoms with Gasteiger partial charge in [0, 0.05) is 18.6 Å². The summed E-state index contributed by atoms with van der Waals surface area (Å²) in [5.74, 6) is 0.132. The maximum Gasteiger partial charge on any atom is 0.234 e. The molecule has 1 aliphatic heterocycles. The minimum atomic E-state index is -0.0839. The second kappa shape index (κ2) is 8.73. The number of hydrogen-bond acceptors (Lipinski definition) is 3. The van der Waals surface area contributed by atoms with E-state index in [1.54, 1.807) is 0 Å². The van der Waals surface area contributed by atoms with E-state index in [2.05, 4.69) is 31.0 Å². The van der Waals surface area contributed by atoms with E-state index in [0.717, 1.165) is 39.1 Å². The Morgan fingerprint density at radius 1 is 1.33 bits per heavy atom. The Kier molecular flexibility index (Phi) is 8.57. The molecule has 1 saturated heterocycles. The summed E-state index contributed by atoms with van der Waals surface area (Å²) in [6.45, 7) is 10.1. The predicted octanol–water partition coefficient (Wildman–Crippen LogP) is 1.83. The van der Waals surface area contributed by atoms with Gasteiger partial charge in [0.15, 0.2) is 0 Å². The van der Waals surface area contributed by atoms with Crippen LogP contribution in [0.4, 0.5) is 0 Å². The summed E-state index contributed by atoms with van der Waals surface area (Å²) < 4.78 is 5.26. The number of unbranched alkanes of at least 4 members (excludes halogenated alkanes) is 1. The van der Waals surface area contributed by atoms with E-state index in [0.29, 0.717) is 6.54 Å². The Hall–Kier alpha value is -0.320. The largest absolute Gasteiger partial charge is 0.379 e. The number of carbonyl (C=O) groups is 1. The number of hydrogen-bond donors (Lipinski definition) is 1. The molecule has 1 rings (SSSR count). The van der Waals surface area contributed by atoms with Gasteiger partial charge in [-0.3, -0.25) is 9.69 Å². The van der Waals surface area contributed by atoms with Gasteiger partial charge in [0.1, 0.15) is 0 Å². The standard InChI is InChI=1S/C13H26N2O2.ClH/c1-4-5-6-13(2,3)14-12(16)11-15-7-9-17-10-8-15;/h4-11H2,1-3H3,(H,14,16);1H. The molecule has 0 aliphatic carbocycles. The molecular formula is C13H27ClN2O2. The molecule has 1 aliphatic rings. The molecule has 0 atom stereocenters. The van der Waals surface area contributed by atoms with E-state index < -0.39 is 0 Å². The number of morpholine rings is 1. The van der Waals surface area contributed by atoms with Crippen LogP contribution in [0.3, 0.4) is 0 Å². The summed E-state index contributed by atoms with van der Waals surface area (Å²) in [6.07, 6.45) is 3.37. The van der Waals surface area contributed by atoms with Gasteiger partial charge in [0.05, 0.1) is 19.8 Å². The molecule has 0 bridgehead atoms. The Bertz CT molecular complexity index is 241. The Balaban J connectivity index is 0.00000289. The maximum absolute atomic E-state index is 11.9. The van der Waals surface area contributed by atoms with Crippen molar-refractivity contribution < 1.29 is 9.53 Å². The van der Waals surface area contributed by atoms with Crippen LogP contribution >= 0.6 is 12.4 Å². The van der Waals surface area contributed by atoms with E-state index in [1.807, 2.05) is 0 Å². The number of ether oxygens (including phenoxy) is 1. The Morgan fingerprint density at radius 3 is 2.50 bits per heavy atom. The fourth-order valence-corrected chi connectivity index (χ4v) is 2.06. The highest BCUT2D eigenvalue weighted by Gasteiger charge is 2.21. The van der Waals surface area contributed by atoms with Crippen LogP contribution in [0.15, 0.2) is 0 Å². The summed E-state index contributed by atoms with van der Waals surface area (Å²) in [4.78, 5) is 14.0. The molecule has 0 aromatic rings. The fourth-order valence-electron chi connectivity index (χ4n) is 2.06. The fraction of sp³-hybridized carbons (Fsp3) is 0.923. The van der Waals surface area contributed by atoms with Crippen molar-refractivity contribution >= 4 is 18.3 Å². The first-order valence-electron chi connectivity index (χ1n) is 6.64. The molecule has 0 radical (unpaired) electrons. The van der Waals surface area contributed by atoms with Crippen molar-refractivity contribution in [3.8, 4) is 0 Å². The average molecular weight is 279 g/mol. The van der Waals surface area contributed by atoms with Crippen molar-refractivity contribution in [1.29, 1.82) is 0 Å². The summed E-state index contributed by atoms with van der Waals surface area (Å²) >= 11 is 0. The first kappa shape index (κ1) is 17.7. The number of halogens is 1. The lowest BCUT2D eigenvalue weighted by molar-refractivity contribution is -0.124. The zero-order chi connectivity index (χ0) is 12.7. The first-order valence-corrected chi connectivity index (χ1v) is 6.64. The van der Waals surface area contributed by atoms with Crippen LogP contribution in [0.1, 0.15) is 40.0 Å². The monoisotopic (exact) mass is 278 g/mol. The third-order valence-electron chi connectivity index (χ3n) is 3.10. The van der Waals surface area contributed by atoms with Crippen LogP contribution in [0, 0.1) is 0 Å². The summed E-state index contributed by atoms with van der Waals surface area (Å²) in [7, 11) is 0. The van der Waals surface area contributed by atoms with Gasteiger partial charge in [-0.25, -0.2) is 0 Å². The average Bonchev–Trinajstić information content (AvgIpc) is 2.27. The van der Waals surface area contributed by atoms with Crippen molar-refractivity contribution in [2.24, 2.45) is 0 Å². The van der Waals surface area contributed by atoms with Gasteiger partial charge >= 0.3 is 0 Å². The molecule has 0 saturated carbocycles. The maximum atomic E-state index is 11.9. The number of nitrogens with one attached hydrogen (secondary N) is 1. The molecule has 1 heterocycles. The number of nitrogens with zero attached hydrogens (tertiary/aromatic N) is 1. The highest BCUT2D eigenvalue weighted by molar-refractivity contribution is 5.85. The molecule has 1 N–H and O–H groups in total. The molecule has 0 aromatic carbocycles. The van der Waals surface area contributed by atoms with Crippen molar-refractivity contribution in [3.63, 3.8) is 0 Å². The molecule has 108 valence electrons. The second-order valence-corrected chi connectivity index (χ2v) is 5.42. The Morgan fingerprint density at radius 2 is 1.94 bits per heavy atom. The molecule has 1 fully saturated rings. The molecule has 0 spiro atoms. The van der Waals surface area contributed by atoms with Crippen molar-refractivity contribution in [3.05, 3.63) is 0 Å². The zero-order valence-corrected chi connectivity index (χ0v) is 12.6. The van der Waals surface area contributed by atoms with Crippen LogP contribution in [0.2, 0.25) is 0 Å². The summed E-state index contributed by atoms with van der Waals surface area (Å²) in [5.41, 5.74) is -0.0839. The Labute approximate surface area is 117 Å². The lowest BCUT2D eigenvalue weighted by Crippen LogP contribution is -2.49. The van der Waals surface area contributed by atoms with Gasteiger partial charge in [0.25, 0.3) is 0 Å². The number of amides is 1. The highest BCUT2D eigenvalue weighted by atomic mass is 35.5. The molecule has 18 heavy (non-hydrogen) atoms. The minimum absolute atomic E-state index is 0. The van der Waals surface area contributed by atoms with Crippen molar-refractivity contribution in [2.45, 2.75) is 45.6 Å². The molecule has 5 heteroatoms. The van der Waals surface area contributed by atoms with E-state index in [4.69, 9.17) is 4.74 Å². The predicted molar refractivity (Wildman–Crippen MR) is 76.3 cm³/mol. The second-order valence-electron chi connectivity index (χ2n) is 5.42. The van der Waals surface area contributed by atoms with Gasteiger partial charge in [-0.15, -0.1) is 12.4 Å². The first-order chi connectivity index (χ1) is 8.03. The molecule has 0 unspecified atom stereocenters. The van der Waals surface area contributed by atoms with Crippen LogP contribution < -0.4 is 5.32 Å². The highest BCUT2D eigenvalue weighted by Crippen LogP contribution is 2.12. The van der Waals surface area contributed by atoms with Gasteiger partial charge in [0.2, 0.25) is 5.91 Å². The molecule has 4 nitrogen and oxygen atoms in total. The quantitative estimate of drug-likeness (QED) is 0.806. The van der Waals surface area contributed by atoms with Crippen LogP contribution in [0.25, 0.3) is 0 Å². The van der Waals surface area contributed by atoms with Crippen molar-refractivity contribution in [1.82, 2.24) is 10.2 Å². The summed E-state index contributed by atoms with van der Waals surface area (Å²) in [6, 6.07) is 0. The molecule has 0 aromatic heterocycles. The zero-order valence-electron chi connectivity index (χ0n) is 11.8. The molecular weight excluding hydrogens is 252 g/mol.